The lowest BCUT2D eigenvalue weighted by atomic mass is 9.97. The van der Waals surface area contributed by atoms with Crippen molar-refractivity contribution in [3.05, 3.63) is 24.3 Å². The molecule has 0 spiro atoms. The molecule has 0 bridgehead atoms. The summed E-state index contributed by atoms with van der Waals surface area (Å²) in [5.74, 6) is 1.04. The number of nitrogens with two attached hydrogens (primary N) is 1. The van der Waals surface area contributed by atoms with Crippen LogP contribution in [0.4, 0.5) is 0 Å². The van der Waals surface area contributed by atoms with Gasteiger partial charge in [-0.2, -0.15) is 0 Å². The predicted octanol–water partition coefficient (Wildman–Crippen LogP) is 0.778. The summed E-state index contributed by atoms with van der Waals surface area (Å²) in [6.07, 6.45) is 1.70. The maximum absolute atomic E-state index is 12.0. The minimum absolute atomic E-state index is 0.0691. The zero-order chi connectivity index (χ0) is 18.1. The van der Waals surface area contributed by atoms with E-state index >= 15 is 0 Å². The van der Waals surface area contributed by atoms with Gasteiger partial charge in [-0.25, -0.2) is 0 Å². The summed E-state index contributed by atoms with van der Waals surface area (Å²) in [5.41, 5.74) is 5.35. The van der Waals surface area contributed by atoms with Gasteiger partial charge in [-0.15, -0.1) is 0 Å². The largest absolute Gasteiger partial charge is 0.494 e. The molecule has 138 valence electrons. The Kier molecular flexibility index (Phi) is 7.53. The molecular formula is C18H27N3O4. The fraction of sp³-hybridized carbons (Fsp3) is 0.556. The van der Waals surface area contributed by atoms with Crippen LogP contribution >= 0.6 is 0 Å². The number of hydrogen-bond donors (Lipinski definition) is 2. The van der Waals surface area contributed by atoms with Gasteiger partial charge in [-0.3, -0.25) is 14.5 Å². The highest BCUT2D eigenvalue weighted by Crippen LogP contribution is 2.17. The average Bonchev–Trinajstić information content (AvgIpc) is 2.60. The van der Waals surface area contributed by atoms with Gasteiger partial charge < -0.3 is 20.5 Å². The molecule has 1 aliphatic heterocycles. The molecule has 7 nitrogen and oxygen atoms in total. The minimum atomic E-state index is -0.283. The molecule has 1 saturated heterocycles. The van der Waals surface area contributed by atoms with Crippen molar-refractivity contribution >= 4 is 11.8 Å². The second-order valence-corrected chi connectivity index (χ2v) is 6.08. The number of carbonyl (C=O) groups excluding carboxylic acids is 2. The van der Waals surface area contributed by atoms with E-state index in [0.29, 0.717) is 26.3 Å². The lowest BCUT2D eigenvalue weighted by Gasteiger charge is -2.30. The standard InChI is InChI=1S/C18H27N3O4/c1-2-24-15-5-7-16(8-6-15)25-11-9-20-17(22)13-21-10-3-4-14(12-21)18(19)23/h5-8,14H,2-4,9-13H2,1H3,(H2,19,23)(H,20,22)/t14-/m0/s1. The van der Waals surface area contributed by atoms with Crippen molar-refractivity contribution in [2.45, 2.75) is 19.8 Å². The number of carbonyl (C=O) groups is 2. The first-order valence-electron chi connectivity index (χ1n) is 8.72. The summed E-state index contributed by atoms with van der Waals surface area (Å²) in [6.45, 7) is 5.05. The highest BCUT2D eigenvalue weighted by Gasteiger charge is 2.24. The molecule has 1 aliphatic rings. The van der Waals surface area contributed by atoms with Gasteiger partial charge in [0.2, 0.25) is 11.8 Å². The molecular weight excluding hydrogens is 322 g/mol. The van der Waals surface area contributed by atoms with Crippen LogP contribution in [0.3, 0.4) is 0 Å². The first kappa shape index (κ1) is 19.1. The number of benzene rings is 1. The van der Waals surface area contributed by atoms with Crippen molar-refractivity contribution in [2.75, 3.05) is 39.4 Å². The second-order valence-electron chi connectivity index (χ2n) is 6.08. The number of piperidine rings is 1. The molecule has 2 amide bonds. The summed E-state index contributed by atoms with van der Waals surface area (Å²) < 4.78 is 10.9. The summed E-state index contributed by atoms with van der Waals surface area (Å²) in [7, 11) is 0. The highest BCUT2D eigenvalue weighted by molar-refractivity contribution is 5.79. The van der Waals surface area contributed by atoms with Gasteiger partial charge in [0.1, 0.15) is 18.1 Å². The molecule has 1 aromatic carbocycles. The van der Waals surface area contributed by atoms with Crippen LogP contribution in [-0.4, -0.2) is 56.1 Å². The van der Waals surface area contributed by atoms with E-state index in [0.717, 1.165) is 30.9 Å². The third-order valence-corrected chi connectivity index (χ3v) is 4.10. The number of nitrogens with one attached hydrogen (secondary N) is 1. The maximum Gasteiger partial charge on any atom is 0.234 e. The summed E-state index contributed by atoms with van der Waals surface area (Å²) in [4.78, 5) is 25.2. The van der Waals surface area contributed by atoms with Crippen LogP contribution in [0.15, 0.2) is 24.3 Å². The van der Waals surface area contributed by atoms with Crippen LogP contribution in [0.25, 0.3) is 0 Å². The van der Waals surface area contributed by atoms with E-state index < -0.39 is 0 Å². The van der Waals surface area contributed by atoms with Crippen molar-refractivity contribution in [2.24, 2.45) is 11.7 Å². The number of ether oxygens (including phenoxy) is 2. The third kappa shape index (κ3) is 6.62. The van der Waals surface area contributed by atoms with Gasteiger partial charge in [-0.05, 0) is 50.6 Å². The lowest BCUT2D eigenvalue weighted by Crippen LogP contribution is -2.46. The smallest absolute Gasteiger partial charge is 0.234 e. The molecule has 0 saturated carbocycles. The Morgan fingerprint density at radius 1 is 1.24 bits per heavy atom. The minimum Gasteiger partial charge on any atom is -0.494 e. The Balaban J connectivity index is 1.62. The van der Waals surface area contributed by atoms with Crippen molar-refractivity contribution < 1.29 is 19.1 Å². The van der Waals surface area contributed by atoms with Crippen LogP contribution in [0.1, 0.15) is 19.8 Å². The summed E-state index contributed by atoms with van der Waals surface area (Å²) in [5, 5.41) is 2.83. The first-order valence-corrected chi connectivity index (χ1v) is 8.72. The van der Waals surface area contributed by atoms with Crippen LogP contribution in [0.5, 0.6) is 11.5 Å². The quantitative estimate of drug-likeness (QED) is 0.643. The molecule has 25 heavy (non-hydrogen) atoms. The van der Waals surface area contributed by atoms with Gasteiger partial charge in [0.25, 0.3) is 0 Å². The molecule has 0 aliphatic carbocycles. The molecule has 0 radical (unpaired) electrons. The van der Waals surface area contributed by atoms with Crippen molar-refractivity contribution in [1.82, 2.24) is 10.2 Å². The Labute approximate surface area is 148 Å². The van der Waals surface area contributed by atoms with Crippen molar-refractivity contribution in [3.63, 3.8) is 0 Å². The van der Waals surface area contributed by atoms with Gasteiger partial charge in [0.15, 0.2) is 0 Å². The van der Waals surface area contributed by atoms with E-state index in [4.69, 9.17) is 15.2 Å². The van der Waals surface area contributed by atoms with E-state index in [1.54, 1.807) is 0 Å². The molecule has 1 aromatic rings. The molecule has 2 rings (SSSR count). The zero-order valence-electron chi connectivity index (χ0n) is 14.7. The molecule has 0 aromatic heterocycles. The lowest BCUT2D eigenvalue weighted by molar-refractivity contribution is -0.126. The molecule has 1 atom stereocenters. The second kappa shape index (κ2) is 9.88. The van der Waals surface area contributed by atoms with E-state index in [1.807, 2.05) is 36.1 Å². The van der Waals surface area contributed by atoms with Crippen LogP contribution in [0.2, 0.25) is 0 Å². The molecule has 1 fully saturated rings. The van der Waals surface area contributed by atoms with Crippen LogP contribution in [-0.2, 0) is 9.59 Å². The maximum atomic E-state index is 12.0. The van der Waals surface area contributed by atoms with E-state index in [9.17, 15) is 9.59 Å². The van der Waals surface area contributed by atoms with Crippen LogP contribution < -0.4 is 20.5 Å². The number of nitrogens with zero attached hydrogens (tertiary/aromatic N) is 1. The van der Waals surface area contributed by atoms with E-state index in [-0.39, 0.29) is 24.3 Å². The highest BCUT2D eigenvalue weighted by atomic mass is 16.5. The van der Waals surface area contributed by atoms with Gasteiger partial charge >= 0.3 is 0 Å². The summed E-state index contributed by atoms with van der Waals surface area (Å²) in [6, 6.07) is 7.38. The van der Waals surface area contributed by atoms with Crippen LogP contribution in [0, 0.1) is 5.92 Å². The SMILES string of the molecule is CCOc1ccc(OCCNC(=O)CN2CCC[C@H](C(N)=O)C2)cc1. The monoisotopic (exact) mass is 349 g/mol. The molecule has 7 heteroatoms. The topological polar surface area (TPSA) is 93.9 Å². The normalized spacial score (nSPS) is 17.7. The number of primary amides is 1. The van der Waals surface area contributed by atoms with Gasteiger partial charge in [0, 0.05) is 6.54 Å². The third-order valence-electron chi connectivity index (χ3n) is 4.10. The predicted molar refractivity (Wildman–Crippen MR) is 94.5 cm³/mol. The zero-order valence-corrected chi connectivity index (χ0v) is 14.7. The fourth-order valence-corrected chi connectivity index (χ4v) is 2.85. The van der Waals surface area contributed by atoms with Gasteiger partial charge in [0.05, 0.1) is 25.6 Å². The fourth-order valence-electron chi connectivity index (χ4n) is 2.85. The molecule has 3 N–H and O–H groups in total. The Morgan fingerprint density at radius 2 is 1.92 bits per heavy atom. The molecule has 1 heterocycles. The molecule has 0 unspecified atom stereocenters. The number of rotatable bonds is 9. The Hall–Kier alpha value is -2.28. The Bertz CT molecular complexity index is 562. The first-order chi connectivity index (χ1) is 12.1. The van der Waals surface area contributed by atoms with Crippen molar-refractivity contribution in [3.8, 4) is 11.5 Å². The van der Waals surface area contributed by atoms with E-state index in [2.05, 4.69) is 5.32 Å². The number of likely N-dealkylation sites (tertiary alicyclic amines) is 1. The Morgan fingerprint density at radius 3 is 2.56 bits per heavy atom. The van der Waals surface area contributed by atoms with Crippen molar-refractivity contribution in [1.29, 1.82) is 0 Å². The average molecular weight is 349 g/mol. The van der Waals surface area contributed by atoms with E-state index in [1.165, 1.54) is 0 Å². The number of amides is 2. The van der Waals surface area contributed by atoms with Gasteiger partial charge in [-0.1, -0.05) is 0 Å². The number of hydrogen-bond acceptors (Lipinski definition) is 5. The summed E-state index contributed by atoms with van der Waals surface area (Å²) >= 11 is 0.